The van der Waals surface area contributed by atoms with E-state index in [2.05, 4.69) is 17.9 Å². The number of hydrogen-bond donors (Lipinski definition) is 2. The Morgan fingerprint density at radius 3 is 2.46 bits per heavy atom. The average Bonchev–Trinajstić information content (AvgIpc) is 3.26. The molecule has 3 aromatic rings. The van der Waals surface area contributed by atoms with Gasteiger partial charge in [-0.1, -0.05) is 0 Å². The predicted molar refractivity (Wildman–Crippen MR) is 160 cm³/mol. The smallest absolute Gasteiger partial charge is 0.348 e. The first kappa shape index (κ1) is 33.6. The van der Waals surface area contributed by atoms with Gasteiger partial charge in [-0.2, -0.15) is 17.9 Å². The highest BCUT2D eigenvalue weighted by atomic mass is 32.1. The fourth-order valence-corrected chi connectivity index (χ4v) is 5.35. The maximum atomic E-state index is 13.9. The molecule has 2 heterocycles. The Morgan fingerprint density at radius 1 is 1.24 bits per heavy atom. The third-order valence-electron chi connectivity index (χ3n) is 5.97. The van der Waals surface area contributed by atoms with Gasteiger partial charge in [0, 0.05) is 24.8 Å². The number of esters is 1. The van der Waals surface area contributed by atoms with Crippen LogP contribution in [0.1, 0.15) is 61.0 Å². The molecule has 0 aliphatic rings. The van der Waals surface area contributed by atoms with Gasteiger partial charge in [0.15, 0.2) is 0 Å². The highest BCUT2D eigenvalue weighted by Crippen LogP contribution is 2.29. The molecule has 0 aliphatic carbocycles. The summed E-state index contributed by atoms with van der Waals surface area (Å²) in [5, 5.41) is 10.7. The number of carbonyl (C=O) groups excluding carboxylic acids is 2. The van der Waals surface area contributed by atoms with Gasteiger partial charge >= 0.3 is 11.7 Å². The van der Waals surface area contributed by atoms with Gasteiger partial charge in [-0.05, 0) is 70.4 Å². The SMILES string of the molecule is CCOC(=O)c1sc2c(c1C)c(=O)n([C@@H](C)C(=O)NC(C)C)c(=O)n2CCc1cc(F)ccc1OC.N#CCCS. The molecule has 0 saturated heterocycles. The molecule has 1 N–H and O–H groups in total. The van der Waals surface area contributed by atoms with Gasteiger partial charge in [-0.25, -0.2) is 18.5 Å². The molecule has 0 fully saturated rings. The number of halogens is 1. The molecule has 0 unspecified atom stereocenters. The zero-order chi connectivity index (χ0) is 30.9. The van der Waals surface area contributed by atoms with Crippen molar-refractivity contribution in [3.63, 3.8) is 0 Å². The van der Waals surface area contributed by atoms with Crippen LogP contribution in [-0.2, 0) is 22.5 Å². The maximum absolute atomic E-state index is 13.9. The van der Waals surface area contributed by atoms with E-state index in [1.54, 1.807) is 27.7 Å². The second-order valence-corrected chi connectivity index (χ2v) is 10.7. The number of rotatable bonds is 10. The van der Waals surface area contributed by atoms with Gasteiger partial charge in [-0.3, -0.25) is 14.2 Å². The summed E-state index contributed by atoms with van der Waals surface area (Å²) in [5.41, 5.74) is -0.461. The lowest BCUT2D eigenvalue weighted by Crippen LogP contribution is -2.47. The van der Waals surface area contributed by atoms with E-state index in [9.17, 15) is 23.6 Å². The summed E-state index contributed by atoms with van der Waals surface area (Å²) in [6.45, 7) is 8.50. The molecule has 10 nitrogen and oxygen atoms in total. The third kappa shape index (κ3) is 7.98. The number of methoxy groups -OCH3 is 1. The third-order valence-corrected chi connectivity index (χ3v) is 7.49. The van der Waals surface area contributed by atoms with E-state index in [1.165, 1.54) is 36.8 Å². The lowest BCUT2D eigenvalue weighted by molar-refractivity contribution is -0.124. The molecule has 222 valence electrons. The summed E-state index contributed by atoms with van der Waals surface area (Å²) >= 11 is 4.76. The van der Waals surface area contributed by atoms with Gasteiger partial charge in [-0.15, -0.1) is 11.3 Å². The van der Waals surface area contributed by atoms with E-state index in [-0.39, 0.29) is 40.7 Å². The van der Waals surface area contributed by atoms with E-state index >= 15 is 0 Å². The van der Waals surface area contributed by atoms with Crippen molar-refractivity contribution in [3.8, 4) is 11.8 Å². The zero-order valence-corrected chi connectivity index (χ0v) is 25.7. The Hall–Kier alpha value is -3.63. The molecule has 13 heteroatoms. The lowest BCUT2D eigenvalue weighted by atomic mass is 10.1. The molecule has 1 amide bonds. The number of ether oxygens (including phenoxy) is 2. The van der Waals surface area contributed by atoms with Crippen LogP contribution < -0.4 is 21.3 Å². The molecule has 0 bridgehead atoms. The van der Waals surface area contributed by atoms with Crippen LogP contribution in [0.2, 0.25) is 0 Å². The molecule has 1 atom stereocenters. The topological polar surface area (TPSA) is 132 Å². The van der Waals surface area contributed by atoms with Crippen molar-refractivity contribution >= 4 is 46.1 Å². The van der Waals surface area contributed by atoms with Gasteiger partial charge in [0.1, 0.15) is 27.3 Å². The number of amides is 1. The van der Waals surface area contributed by atoms with Gasteiger partial charge in [0.05, 0.1) is 25.2 Å². The van der Waals surface area contributed by atoms with Crippen LogP contribution in [0, 0.1) is 24.1 Å². The average molecular weight is 607 g/mol. The summed E-state index contributed by atoms with van der Waals surface area (Å²) < 4.78 is 26.6. The molecule has 3 rings (SSSR count). The minimum absolute atomic E-state index is 0.0518. The van der Waals surface area contributed by atoms with E-state index in [1.807, 2.05) is 6.07 Å². The van der Waals surface area contributed by atoms with Crippen molar-refractivity contribution in [2.45, 2.75) is 66.1 Å². The number of hydrogen-bond acceptors (Lipinski definition) is 9. The van der Waals surface area contributed by atoms with E-state index in [0.717, 1.165) is 15.9 Å². The number of thiol groups is 1. The molecule has 2 aromatic heterocycles. The van der Waals surface area contributed by atoms with Gasteiger partial charge < -0.3 is 14.8 Å². The Bertz CT molecular complexity index is 1550. The molecule has 1 aromatic carbocycles. The first-order valence-corrected chi connectivity index (χ1v) is 14.4. The fraction of sp³-hybridized carbons (Fsp3) is 0.464. The van der Waals surface area contributed by atoms with Crippen molar-refractivity contribution in [2.75, 3.05) is 19.5 Å². The van der Waals surface area contributed by atoms with Crippen molar-refractivity contribution < 1.29 is 23.5 Å². The first-order chi connectivity index (χ1) is 19.4. The second-order valence-electron chi connectivity index (χ2n) is 9.24. The predicted octanol–water partition coefficient (Wildman–Crippen LogP) is 4.02. The van der Waals surface area contributed by atoms with Crippen molar-refractivity contribution in [3.05, 3.63) is 60.9 Å². The number of nitrogens with zero attached hydrogens (tertiary/aromatic N) is 3. The minimum Gasteiger partial charge on any atom is -0.496 e. The minimum atomic E-state index is -1.10. The van der Waals surface area contributed by atoms with Crippen LogP contribution in [0.15, 0.2) is 27.8 Å². The fourth-order valence-electron chi connectivity index (χ4n) is 4.04. The van der Waals surface area contributed by atoms with Crippen molar-refractivity contribution in [1.29, 1.82) is 5.26 Å². The summed E-state index contributed by atoms with van der Waals surface area (Å²) in [5.74, 6) is -0.410. The van der Waals surface area contributed by atoms with Crippen LogP contribution in [0.4, 0.5) is 4.39 Å². The number of nitrogens with one attached hydrogen (secondary N) is 1. The lowest BCUT2D eigenvalue weighted by Gasteiger charge is -2.19. The Morgan fingerprint density at radius 2 is 1.93 bits per heavy atom. The number of aryl methyl sites for hydroxylation is 3. The number of carbonyl (C=O) groups is 2. The summed E-state index contributed by atoms with van der Waals surface area (Å²) in [6, 6.07) is 4.74. The largest absolute Gasteiger partial charge is 0.496 e. The second kappa shape index (κ2) is 15.4. The van der Waals surface area contributed by atoms with Crippen LogP contribution in [0.25, 0.3) is 10.2 Å². The monoisotopic (exact) mass is 606 g/mol. The Balaban J connectivity index is 0.00000108. The normalized spacial score (nSPS) is 11.4. The van der Waals surface area contributed by atoms with E-state index in [0.29, 0.717) is 29.1 Å². The number of thiophene rings is 1. The van der Waals surface area contributed by atoms with Gasteiger partial charge in [0.25, 0.3) is 5.56 Å². The Labute approximate surface area is 247 Å². The van der Waals surface area contributed by atoms with Crippen molar-refractivity contribution in [1.82, 2.24) is 14.5 Å². The molecule has 0 saturated carbocycles. The van der Waals surface area contributed by atoms with Gasteiger partial charge in [0.2, 0.25) is 5.91 Å². The Kier molecular flexibility index (Phi) is 12.6. The standard InChI is InChI=1S/C25H30FN3O6S.C3H5NS/c1-7-35-24(32)20-14(4)19-22(31)29(15(5)21(30)27-13(2)3)25(33)28(23(19)36-20)11-10-16-12-17(26)8-9-18(16)34-6;4-2-1-3-5/h8-9,12-13,15H,7,10-11H2,1-6H3,(H,27,30);5H,1,3H2/t15-;/m0./s1. The first-order valence-electron chi connectivity index (χ1n) is 13.0. The summed E-state index contributed by atoms with van der Waals surface area (Å²) in [4.78, 5) is 52.9. The zero-order valence-electron chi connectivity index (χ0n) is 23.9. The van der Waals surface area contributed by atoms with Crippen molar-refractivity contribution in [2.24, 2.45) is 0 Å². The number of aromatic nitrogens is 2. The van der Waals surface area contributed by atoms with Crippen LogP contribution in [0.5, 0.6) is 5.75 Å². The quantitative estimate of drug-likeness (QED) is 0.263. The molecule has 0 aliphatic heterocycles. The molecular weight excluding hydrogens is 571 g/mol. The highest BCUT2D eigenvalue weighted by Gasteiger charge is 2.27. The van der Waals surface area contributed by atoms with E-state index in [4.69, 9.17) is 14.7 Å². The van der Waals surface area contributed by atoms with Crippen LogP contribution >= 0.6 is 24.0 Å². The van der Waals surface area contributed by atoms with Crippen LogP contribution in [-0.4, -0.2) is 46.5 Å². The summed E-state index contributed by atoms with van der Waals surface area (Å²) in [6.07, 6.45) is 0.759. The molecule has 41 heavy (non-hydrogen) atoms. The number of benzene rings is 1. The molecular formula is C28H35FN4O6S2. The number of nitriles is 1. The number of fused-ring (bicyclic) bond motifs is 1. The van der Waals surface area contributed by atoms with E-state index < -0.39 is 35.0 Å². The highest BCUT2D eigenvalue weighted by molar-refractivity contribution is 7.80. The maximum Gasteiger partial charge on any atom is 0.348 e. The van der Waals surface area contributed by atoms with Crippen LogP contribution in [0.3, 0.4) is 0 Å². The molecule has 0 radical (unpaired) electrons. The molecule has 0 spiro atoms. The summed E-state index contributed by atoms with van der Waals surface area (Å²) in [7, 11) is 1.46.